The largest absolute Gasteiger partial charge is 0.329 e. The Balaban J connectivity index is 2.20. The molecule has 1 atom stereocenters. The number of hydrogen-bond donors (Lipinski definition) is 0. The number of carbonyl (C=O) groups is 1. The van der Waals surface area contributed by atoms with E-state index >= 15 is 0 Å². The van der Waals surface area contributed by atoms with Gasteiger partial charge in [0.1, 0.15) is 0 Å². The number of fused-ring (bicyclic) bond motifs is 1. The van der Waals surface area contributed by atoms with E-state index in [2.05, 4.69) is 37.0 Å². The van der Waals surface area contributed by atoms with Gasteiger partial charge in [-0.3, -0.25) is 9.78 Å². The van der Waals surface area contributed by atoms with E-state index in [-0.39, 0.29) is 11.6 Å². The molecule has 2 aromatic rings. The average Bonchev–Trinajstić information content (AvgIpc) is 2.45. The van der Waals surface area contributed by atoms with Crippen LogP contribution in [0.4, 0.5) is 0 Å². The third kappa shape index (κ3) is 1.99. The maximum absolute atomic E-state index is 11.7. The van der Waals surface area contributed by atoms with E-state index in [1.54, 1.807) is 6.20 Å². The van der Waals surface area contributed by atoms with Crippen molar-refractivity contribution in [3.8, 4) is 0 Å². The van der Waals surface area contributed by atoms with Crippen LogP contribution in [0, 0.1) is 0 Å². The molecule has 0 saturated carbocycles. The van der Waals surface area contributed by atoms with Crippen molar-refractivity contribution < 1.29 is 4.79 Å². The van der Waals surface area contributed by atoms with Crippen molar-refractivity contribution >= 4 is 6.41 Å². The highest BCUT2D eigenvalue weighted by Crippen LogP contribution is 2.40. The van der Waals surface area contributed by atoms with Gasteiger partial charge in [0.2, 0.25) is 6.41 Å². The van der Waals surface area contributed by atoms with Crippen LogP contribution in [0.25, 0.3) is 0 Å². The van der Waals surface area contributed by atoms with Crippen LogP contribution in [-0.4, -0.2) is 21.8 Å². The summed E-state index contributed by atoms with van der Waals surface area (Å²) in [5.74, 6) is 0. The minimum atomic E-state index is -0.198. The molecule has 3 nitrogen and oxygen atoms in total. The first-order valence-corrected chi connectivity index (χ1v) is 6.85. The van der Waals surface area contributed by atoms with Crippen LogP contribution < -0.4 is 0 Å². The smallest absolute Gasteiger partial charge is 0.210 e. The quantitative estimate of drug-likeness (QED) is 0.783. The van der Waals surface area contributed by atoms with Gasteiger partial charge < -0.3 is 4.90 Å². The molecule has 102 valence electrons. The first-order chi connectivity index (χ1) is 9.63. The second kappa shape index (κ2) is 4.75. The minimum absolute atomic E-state index is 0.0545. The van der Waals surface area contributed by atoms with Crippen molar-refractivity contribution in [1.29, 1.82) is 0 Å². The van der Waals surface area contributed by atoms with Gasteiger partial charge in [-0.05, 0) is 43.0 Å². The summed E-state index contributed by atoms with van der Waals surface area (Å²) >= 11 is 0. The monoisotopic (exact) mass is 266 g/mol. The van der Waals surface area contributed by atoms with Crippen molar-refractivity contribution in [2.24, 2.45) is 0 Å². The Morgan fingerprint density at radius 3 is 2.75 bits per heavy atom. The molecule has 0 aliphatic carbocycles. The molecule has 1 aromatic carbocycles. The highest BCUT2D eigenvalue weighted by Gasteiger charge is 2.39. The van der Waals surface area contributed by atoms with Gasteiger partial charge in [-0.15, -0.1) is 0 Å². The summed E-state index contributed by atoms with van der Waals surface area (Å²) in [5, 5.41) is 0. The molecule has 1 aromatic heterocycles. The predicted octanol–water partition coefficient (Wildman–Crippen LogP) is 2.96. The zero-order chi connectivity index (χ0) is 14.2. The van der Waals surface area contributed by atoms with Crippen LogP contribution in [0.5, 0.6) is 0 Å². The van der Waals surface area contributed by atoms with Crippen molar-refractivity contribution in [1.82, 2.24) is 9.88 Å². The first kappa shape index (κ1) is 12.9. The van der Waals surface area contributed by atoms with Crippen molar-refractivity contribution in [3.63, 3.8) is 0 Å². The highest BCUT2D eigenvalue weighted by molar-refractivity contribution is 5.56. The minimum Gasteiger partial charge on any atom is -0.329 e. The number of amides is 1. The van der Waals surface area contributed by atoms with Crippen LogP contribution >= 0.6 is 0 Å². The lowest BCUT2D eigenvalue weighted by Crippen LogP contribution is -2.50. The molecule has 1 amide bonds. The van der Waals surface area contributed by atoms with Gasteiger partial charge in [0.25, 0.3) is 0 Å². The summed E-state index contributed by atoms with van der Waals surface area (Å²) in [7, 11) is 0. The van der Waals surface area contributed by atoms with Crippen molar-refractivity contribution in [2.75, 3.05) is 0 Å². The van der Waals surface area contributed by atoms with Crippen LogP contribution in [0.3, 0.4) is 0 Å². The van der Waals surface area contributed by atoms with Gasteiger partial charge in [0, 0.05) is 17.9 Å². The average molecular weight is 266 g/mol. The summed E-state index contributed by atoms with van der Waals surface area (Å²) < 4.78 is 0. The molecule has 2 heterocycles. The predicted molar refractivity (Wildman–Crippen MR) is 78.2 cm³/mol. The molecule has 3 heteroatoms. The summed E-state index contributed by atoms with van der Waals surface area (Å²) in [6, 6.07) is 12.3. The molecule has 0 saturated heterocycles. The Morgan fingerprint density at radius 2 is 2.05 bits per heavy atom. The van der Waals surface area contributed by atoms with E-state index in [0.717, 1.165) is 18.4 Å². The van der Waals surface area contributed by atoms with Gasteiger partial charge in [0.15, 0.2) is 0 Å². The molecule has 0 N–H and O–H groups in total. The molecule has 0 spiro atoms. The number of hydrogen-bond acceptors (Lipinski definition) is 2. The summed E-state index contributed by atoms with van der Waals surface area (Å²) in [5.41, 5.74) is 3.37. The lowest BCUT2D eigenvalue weighted by molar-refractivity contribution is -0.125. The lowest BCUT2D eigenvalue weighted by Gasteiger charge is -2.46. The Morgan fingerprint density at radius 1 is 1.25 bits per heavy atom. The molecule has 1 aliphatic rings. The fourth-order valence-corrected chi connectivity index (χ4v) is 3.10. The molecule has 1 aliphatic heterocycles. The summed E-state index contributed by atoms with van der Waals surface area (Å²) in [6.07, 6.45) is 5.44. The summed E-state index contributed by atoms with van der Waals surface area (Å²) in [4.78, 5) is 17.8. The Hall–Kier alpha value is -2.16. The fourth-order valence-electron chi connectivity index (χ4n) is 3.10. The number of nitrogens with zero attached hydrogens (tertiary/aromatic N) is 2. The van der Waals surface area contributed by atoms with E-state index < -0.39 is 0 Å². The van der Waals surface area contributed by atoms with E-state index in [9.17, 15) is 4.79 Å². The maximum Gasteiger partial charge on any atom is 0.210 e. The molecule has 0 bridgehead atoms. The topological polar surface area (TPSA) is 33.2 Å². The van der Waals surface area contributed by atoms with Gasteiger partial charge in [-0.2, -0.15) is 0 Å². The standard InChI is InChI=1S/C17H18N2O/c1-17(2)10-13-6-3-4-8-15(13)16(19(17)12-20)14-7-5-9-18-11-14/h3-9,11-12,16H,10H2,1-2H3. The normalized spacial score (nSPS) is 20.3. The van der Waals surface area contributed by atoms with Crippen LogP contribution in [-0.2, 0) is 11.2 Å². The van der Waals surface area contributed by atoms with E-state index in [1.165, 1.54) is 11.1 Å². The number of pyridine rings is 1. The second-order valence-corrected chi connectivity index (χ2v) is 5.89. The number of aromatic nitrogens is 1. The van der Waals surface area contributed by atoms with E-state index in [1.807, 2.05) is 29.3 Å². The summed E-state index contributed by atoms with van der Waals surface area (Å²) in [6.45, 7) is 4.22. The maximum atomic E-state index is 11.7. The number of rotatable bonds is 2. The molecular weight excluding hydrogens is 248 g/mol. The lowest BCUT2D eigenvalue weighted by atomic mass is 9.80. The van der Waals surface area contributed by atoms with Crippen molar-refractivity contribution in [3.05, 3.63) is 65.5 Å². The molecule has 20 heavy (non-hydrogen) atoms. The first-order valence-electron chi connectivity index (χ1n) is 6.85. The van der Waals surface area contributed by atoms with Crippen molar-refractivity contribution in [2.45, 2.75) is 31.8 Å². The fraction of sp³-hybridized carbons (Fsp3) is 0.294. The SMILES string of the molecule is CC1(C)Cc2ccccc2C(c2cccnc2)N1C=O. The van der Waals surface area contributed by atoms with Gasteiger partial charge in [0.05, 0.1) is 6.04 Å². The molecule has 0 fully saturated rings. The molecule has 3 rings (SSSR count). The van der Waals surface area contributed by atoms with Gasteiger partial charge in [-0.1, -0.05) is 30.3 Å². The Bertz CT molecular complexity index is 622. The van der Waals surface area contributed by atoms with Crippen LogP contribution in [0.1, 0.15) is 36.6 Å². The van der Waals surface area contributed by atoms with Crippen LogP contribution in [0.15, 0.2) is 48.8 Å². The molecule has 0 radical (unpaired) electrons. The van der Waals surface area contributed by atoms with E-state index in [0.29, 0.717) is 0 Å². The second-order valence-electron chi connectivity index (χ2n) is 5.89. The Labute approximate surface area is 119 Å². The van der Waals surface area contributed by atoms with Gasteiger partial charge >= 0.3 is 0 Å². The molecule has 1 unspecified atom stereocenters. The Kier molecular flexibility index (Phi) is 3.05. The zero-order valence-corrected chi connectivity index (χ0v) is 11.8. The zero-order valence-electron chi connectivity index (χ0n) is 11.8. The van der Waals surface area contributed by atoms with Crippen LogP contribution in [0.2, 0.25) is 0 Å². The number of benzene rings is 1. The van der Waals surface area contributed by atoms with Gasteiger partial charge in [-0.25, -0.2) is 0 Å². The number of carbonyl (C=O) groups excluding carboxylic acids is 1. The van der Waals surface area contributed by atoms with E-state index in [4.69, 9.17) is 0 Å². The molecular formula is C17H18N2O. The third-order valence-electron chi connectivity index (χ3n) is 4.06. The third-order valence-corrected chi connectivity index (χ3v) is 4.06. The highest BCUT2D eigenvalue weighted by atomic mass is 16.1.